The first-order valence-electron chi connectivity index (χ1n) is 13.6. The van der Waals surface area contributed by atoms with Crippen LogP contribution in [0.3, 0.4) is 0 Å². The highest BCUT2D eigenvalue weighted by atomic mass is 16.2. The lowest BCUT2D eigenvalue weighted by Gasteiger charge is -2.25. The van der Waals surface area contributed by atoms with E-state index in [0.717, 1.165) is 50.5 Å². The summed E-state index contributed by atoms with van der Waals surface area (Å²) in [4.78, 5) is 39.0. The standard InChI is InChI=1S/C29H39N5O2/c1-20-28(21(2)31-19-30-20)29(36)34-17-24-15-33(16-25(24)18-34)13-12-26(23-10-4-3-5-11-23)32-27(35)14-22-8-6-7-9-22/h3-5,10-11,19,22,24-26H,6-9,12-18H2,1-2H3,(H,32,35)/t24?,25?,26-/m0/s1. The zero-order valence-electron chi connectivity index (χ0n) is 21.7. The molecule has 3 aliphatic rings. The van der Waals surface area contributed by atoms with Crippen molar-refractivity contribution in [2.75, 3.05) is 32.7 Å². The van der Waals surface area contributed by atoms with Crippen molar-refractivity contribution in [3.63, 3.8) is 0 Å². The molecule has 1 aliphatic carbocycles. The van der Waals surface area contributed by atoms with Crippen LogP contribution < -0.4 is 5.32 Å². The van der Waals surface area contributed by atoms with Crippen molar-refractivity contribution < 1.29 is 9.59 Å². The smallest absolute Gasteiger partial charge is 0.257 e. The Bertz CT molecular complexity index is 1030. The number of likely N-dealkylation sites (tertiary alicyclic amines) is 2. The summed E-state index contributed by atoms with van der Waals surface area (Å²) in [5, 5.41) is 3.35. The number of carbonyl (C=O) groups excluding carboxylic acids is 2. The molecule has 2 saturated heterocycles. The molecule has 1 aromatic carbocycles. The largest absolute Gasteiger partial charge is 0.349 e. The average Bonchev–Trinajstić information content (AvgIpc) is 3.59. The second-order valence-electron chi connectivity index (χ2n) is 11.1. The molecule has 3 heterocycles. The van der Waals surface area contributed by atoms with E-state index < -0.39 is 0 Å². The van der Waals surface area contributed by atoms with E-state index in [1.54, 1.807) is 0 Å². The first-order chi connectivity index (χ1) is 17.5. The number of nitrogens with zero attached hydrogens (tertiary/aromatic N) is 4. The molecule has 3 atom stereocenters. The lowest BCUT2D eigenvalue weighted by molar-refractivity contribution is -0.122. The zero-order valence-corrected chi connectivity index (χ0v) is 21.7. The maximum absolute atomic E-state index is 13.2. The molecule has 2 unspecified atom stereocenters. The summed E-state index contributed by atoms with van der Waals surface area (Å²) in [5.41, 5.74) is 3.36. The molecule has 1 aromatic heterocycles. The minimum absolute atomic E-state index is 0.0441. The molecule has 0 bridgehead atoms. The van der Waals surface area contributed by atoms with Gasteiger partial charge < -0.3 is 15.1 Å². The Hall–Kier alpha value is -2.80. The third-order valence-corrected chi connectivity index (χ3v) is 8.51. The summed E-state index contributed by atoms with van der Waals surface area (Å²) < 4.78 is 0. The van der Waals surface area contributed by atoms with Crippen molar-refractivity contribution in [2.45, 2.75) is 58.4 Å². The van der Waals surface area contributed by atoms with Gasteiger partial charge in [-0.1, -0.05) is 43.2 Å². The van der Waals surface area contributed by atoms with Crippen molar-refractivity contribution in [2.24, 2.45) is 17.8 Å². The molecular formula is C29H39N5O2. The van der Waals surface area contributed by atoms with Gasteiger partial charge in [0.15, 0.2) is 0 Å². The minimum Gasteiger partial charge on any atom is -0.349 e. The van der Waals surface area contributed by atoms with Crippen molar-refractivity contribution in [3.8, 4) is 0 Å². The Balaban J connectivity index is 1.15. The average molecular weight is 490 g/mol. The topological polar surface area (TPSA) is 78.4 Å². The molecule has 192 valence electrons. The van der Waals surface area contributed by atoms with E-state index >= 15 is 0 Å². The van der Waals surface area contributed by atoms with E-state index in [4.69, 9.17) is 0 Å². The molecule has 7 nitrogen and oxygen atoms in total. The lowest BCUT2D eigenvalue weighted by Crippen LogP contribution is -2.36. The maximum atomic E-state index is 13.2. The third-order valence-electron chi connectivity index (χ3n) is 8.51. The van der Waals surface area contributed by atoms with Crippen molar-refractivity contribution in [1.29, 1.82) is 0 Å². The van der Waals surface area contributed by atoms with E-state index in [2.05, 4.69) is 44.5 Å². The van der Waals surface area contributed by atoms with Crippen LogP contribution in [0.25, 0.3) is 0 Å². The molecule has 3 fully saturated rings. The Labute approximate surface area is 214 Å². The molecule has 5 rings (SSSR count). The molecule has 36 heavy (non-hydrogen) atoms. The molecule has 7 heteroatoms. The molecule has 0 spiro atoms. The summed E-state index contributed by atoms with van der Waals surface area (Å²) in [6, 6.07) is 10.4. The summed E-state index contributed by atoms with van der Waals surface area (Å²) in [7, 11) is 0. The Morgan fingerprint density at radius 2 is 1.61 bits per heavy atom. The number of benzene rings is 1. The van der Waals surface area contributed by atoms with Gasteiger partial charge in [0.2, 0.25) is 5.91 Å². The number of nitrogens with one attached hydrogen (secondary N) is 1. The number of fused-ring (bicyclic) bond motifs is 1. The highest BCUT2D eigenvalue weighted by molar-refractivity contribution is 5.96. The number of aromatic nitrogens is 2. The minimum atomic E-state index is 0.0441. The van der Waals surface area contributed by atoms with Crippen LogP contribution in [0.4, 0.5) is 0 Å². The molecule has 1 saturated carbocycles. The summed E-state index contributed by atoms with van der Waals surface area (Å²) in [5.74, 6) is 1.83. The van der Waals surface area contributed by atoms with Crippen LogP contribution in [0.15, 0.2) is 36.7 Å². The van der Waals surface area contributed by atoms with Gasteiger partial charge >= 0.3 is 0 Å². The number of amides is 2. The van der Waals surface area contributed by atoms with Gasteiger partial charge in [-0.3, -0.25) is 9.59 Å². The Morgan fingerprint density at radius 3 is 2.25 bits per heavy atom. The van der Waals surface area contributed by atoms with Gasteiger partial charge in [0.25, 0.3) is 5.91 Å². The molecule has 2 amide bonds. The van der Waals surface area contributed by atoms with Crippen molar-refractivity contribution >= 4 is 11.8 Å². The lowest BCUT2D eigenvalue weighted by atomic mass is 10.0. The van der Waals surface area contributed by atoms with E-state index in [9.17, 15) is 9.59 Å². The maximum Gasteiger partial charge on any atom is 0.257 e. The van der Waals surface area contributed by atoms with E-state index in [1.165, 1.54) is 37.6 Å². The normalized spacial score (nSPS) is 23.1. The first kappa shape index (κ1) is 24.9. The van der Waals surface area contributed by atoms with Gasteiger partial charge in [-0.15, -0.1) is 0 Å². The Kier molecular flexibility index (Phi) is 7.65. The zero-order chi connectivity index (χ0) is 25.1. The van der Waals surface area contributed by atoms with Crippen LogP contribution in [-0.4, -0.2) is 64.3 Å². The van der Waals surface area contributed by atoms with E-state index in [0.29, 0.717) is 29.7 Å². The van der Waals surface area contributed by atoms with E-state index in [-0.39, 0.29) is 17.9 Å². The molecule has 2 aromatic rings. The fourth-order valence-electron chi connectivity index (χ4n) is 6.55. The predicted octanol–water partition coefficient (Wildman–Crippen LogP) is 3.93. The number of hydrogen-bond acceptors (Lipinski definition) is 5. The monoisotopic (exact) mass is 489 g/mol. The second kappa shape index (κ2) is 11.1. The predicted molar refractivity (Wildman–Crippen MR) is 139 cm³/mol. The summed E-state index contributed by atoms with van der Waals surface area (Å²) in [6.07, 6.45) is 8.00. The Morgan fingerprint density at radius 1 is 0.972 bits per heavy atom. The summed E-state index contributed by atoms with van der Waals surface area (Å²) >= 11 is 0. The van der Waals surface area contributed by atoms with Gasteiger partial charge in [0, 0.05) is 39.1 Å². The SMILES string of the molecule is Cc1ncnc(C)c1C(=O)N1CC2CN(CC[C@H](NC(=O)CC3CCCC3)c3ccccc3)CC2C1. The molecule has 0 radical (unpaired) electrons. The number of carbonyl (C=O) groups is 2. The first-order valence-corrected chi connectivity index (χ1v) is 13.6. The molecule has 1 N–H and O–H groups in total. The van der Waals surface area contributed by atoms with Crippen LogP contribution in [0.2, 0.25) is 0 Å². The van der Waals surface area contributed by atoms with Crippen LogP contribution in [0, 0.1) is 31.6 Å². The van der Waals surface area contributed by atoms with Gasteiger partial charge in [0.05, 0.1) is 23.0 Å². The van der Waals surface area contributed by atoms with Crippen LogP contribution in [0.5, 0.6) is 0 Å². The number of rotatable bonds is 8. The van der Waals surface area contributed by atoms with Crippen LogP contribution >= 0.6 is 0 Å². The third kappa shape index (κ3) is 5.61. The summed E-state index contributed by atoms with van der Waals surface area (Å²) in [6.45, 7) is 8.34. The highest BCUT2D eigenvalue weighted by Gasteiger charge is 2.42. The second-order valence-corrected chi connectivity index (χ2v) is 11.1. The molecular weight excluding hydrogens is 450 g/mol. The quantitative estimate of drug-likeness (QED) is 0.608. The number of aryl methyl sites for hydroxylation is 2. The molecule has 2 aliphatic heterocycles. The van der Waals surface area contributed by atoms with Crippen molar-refractivity contribution in [1.82, 2.24) is 25.1 Å². The van der Waals surface area contributed by atoms with Crippen LogP contribution in [0.1, 0.15) is 71.9 Å². The van der Waals surface area contributed by atoms with Gasteiger partial charge in [-0.25, -0.2) is 9.97 Å². The van der Waals surface area contributed by atoms with Crippen LogP contribution in [-0.2, 0) is 4.79 Å². The highest BCUT2D eigenvalue weighted by Crippen LogP contribution is 2.33. The van der Waals surface area contributed by atoms with Gasteiger partial charge in [-0.2, -0.15) is 0 Å². The van der Waals surface area contributed by atoms with Crippen molar-refractivity contribution in [3.05, 3.63) is 59.2 Å². The van der Waals surface area contributed by atoms with Gasteiger partial charge in [-0.05, 0) is 56.4 Å². The number of hydrogen-bond donors (Lipinski definition) is 1. The van der Waals surface area contributed by atoms with Gasteiger partial charge in [0.1, 0.15) is 6.33 Å². The fourth-order valence-corrected chi connectivity index (χ4v) is 6.55. The fraction of sp³-hybridized carbons (Fsp3) is 0.586. The van der Waals surface area contributed by atoms with E-state index in [1.807, 2.05) is 24.8 Å².